The molecule has 69 heavy (non-hydrogen) atoms. The number of benzene rings is 2. The van der Waals surface area contributed by atoms with Crippen molar-refractivity contribution < 1.29 is 79.2 Å². The molecule has 4 rings (SSSR count). The van der Waals surface area contributed by atoms with Crippen LogP contribution in [0.25, 0.3) is 11.1 Å². The zero-order valence-corrected chi connectivity index (χ0v) is 37.5. The minimum absolute atomic E-state index is 0.0114. The van der Waals surface area contributed by atoms with Gasteiger partial charge < -0.3 is 44.2 Å². The number of aromatic nitrogens is 2. The van der Waals surface area contributed by atoms with E-state index in [1.54, 1.807) is 0 Å². The third-order valence-electron chi connectivity index (χ3n) is 10.1. The van der Waals surface area contributed by atoms with Gasteiger partial charge in [-0.2, -0.15) is 13.2 Å². The quantitative estimate of drug-likeness (QED) is 0.0332. The Morgan fingerprint density at radius 2 is 1.23 bits per heavy atom. The number of carbonyl (C=O) groups is 7. The van der Waals surface area contributed by atoms with E-state index in [0.29, 0.717) is 23.4 Å². The number of imide groups is 1. The van der Waals surface area contributed by atoms with Gasteiger partial charge in [-0.1, -0.05) is 24.3 Å². The Kier molecular flexibility index (Phi) is 20.6. The highest BCUT2D eigenvalue weighted by molar-refractivity contribution is 6.13. The fraction of sp³-hybridized carbons (Fsp3) is 0.432. The van der Waals surface area contributed by atoms with E-state index in [4.69, 9.17) is 18.9 Å². The molecule has 5 amide bonds. The Balaban J connectivity index is 1.15. The molecule has 0 radical (unpaired) electrons. The number of halogens is 5. The molecule has 1 aromatic heterocycles. The predicted octanol–water partition coefficient (Wildman–Crippen LogP) is 0.815. The molecule has 20 nitrogen and oxygen atoms in total. The topological polar surface area (TPSA) is 249 Å². The van der Waals surface area contributed by atoms with Gasteiger partial charge in [0.1, 0.15) is 23.2 Å². The molecule has 0 saturated carbocycles. The molecule has 1 atom stereocenters. The normalized spacial score (nSPS) is 12.8. The van der Waals surface area contributed by atoms with Crippen molar-refractivity contribution in [3.05, 3.63) is 103 Å². The summed E-state index contributed by atoms with van der Waals surface area (Å²) >= 11 is 0. The molecule has 2 aromatic carbocycles. The fourth-order valence-electron chi connectivity index (χ4n) is 6.34. The van der Waals surface area contributed by atoms with Crippen LogP contribution in [0.5, 0.6) is 0 Å². The van der Waals surface area contributed by atoms with Crippen molar-refractivity contribution in [3.8, 4) is 11.1 Å². The fourth-order valence-corrected chi connectivity index (χ4v) is 6.34. The van der Waals surface area contributed by atoms with E-state index in [1.165, 1.54) is 49.9 Å². The van der Waals surface area contributed by atoms with E-state index in [2.05, 4.69) is 15.4 Å². The third kappa shape index (κ3) is 16.4. The average Bonchev–Trinajstić information content (AvgIpc) is 3.62. The summed E-state index contributed by atoms with van der Waals surface area (Å²) in [5.74, 6) is -11.1. The van der Waals surface area contributed by atoms with E-state index in [0.717, 1.165) is 21.6 Å². The van der Waals surface area contributed by atoms with Crippen LogP contribution in [0.1, 0.15) is 40.0 Å². The van der Waals surface area contributed by atoms with Gasteiger partial charge in [0.15, 0.2) is 0 Å². The number of nitrogens with one attached hydrogen (secondary N) is 3. The van der Waals surface area contributed by atoms with Gasteiger partial charge in [-0.3, -0.25) is 38.2 Å². The minimum atomic E-state index is -5.61. The Morgan fingerprint density at radius 3 is 1.80 bits per heavy atom. The van der Waals surface area contributed by atoms with E-state index in [1.807, 2.05) is 5.32 Å². The smallest absolute Gasteiger partial charge is 0.385 e. The Hall–Kier alpha value is -6.96. The van der Waals surface area contributed by atoms with Crippen LogP contribution in [-0.2, 0) is 79.5 Å². The Morgan fingerprint density at radius 1 is 0.696 bits per heavy atom. The number of nitrogens with zero attached hydrogens (tertiary/aromatic N) is 3. The summed E-state index contributed by atoms with van der Waals surface area (Å²) in [4.78, 5) is 111. The van der Waals surface area contributed by atoms with Crippen molar-refractivity contribution in [2.45, 2.75) is 44.9 Å². The van der Waals surface area contributed by atoms with Crippen molar-refractivity contribution in [2.24, 2.45) is 14.1 Å². The van der Waals surface area contributed by atoms with Crippen LogP contribution in [0, 0.1) is 18.6 Å². The van der Waals surface area contributed by atoms with Crippen LogP contribution in [-0.4, -0.2) is 134 Å². The van der Waals surface area contributed by atoms with E-state index in [-0.39, 0.29) is 108 Å². The summed E-state index contributed by atoms with van der Waals surface area (Å²) in [7, 11) is 2.72. The molecular weight excluding hydrogens is 932 g/mol. The highest BCUT2D eigenvalue weighted by atomic mass is 19.4. The second-order valence-corrected chi connectivity index (χ2v) is 15.0. The van der Waals surface area contributed by atoms with Crippen molar-refractivity contribution >= 4 is 41.5 Å². The molecule has 3 aromatic rings. The number of hydrogen-bond acceptors (Lipinski definition) is 14. The number of rotatable bonds is 26. The van der Waals surface area contributed by atoms with Crippen LogP contribution in [0.3, 0.4) is 0 Å². The molecule has 25 heteroatoms. The monoisotopic (exact) mass is 980 g/mol. The van der Waals surface area contributed by atoms with Gasteiger partial charge in [0, 0.05) is 70.8 Å². The lowest BCUT2D eigenvalue weighted by molar-refractivity contribution is -0.202. The largest absolute Gasteiger partial charge is 0.491 e. The molecule has 0 spiro atoms. The highest BCUT2D eigenvalue weighted by Crippen LogP contribution is 2.22. The molecular formula is C44H49F5N6O14. The number of hydrogen-bond donors (Lipinski definition) is 3. The summed E-state index contributed by atoms with van der Waals surface area (Å²) in [6, 6.07) is 4.77. The zero-order valence-electron chi connectivity index (χ0n) is 37.5. The summed E-state index contributed by atoms with van der Waals surface area (Å²) in [5.41, 5.74) is -1.68. The zero-order chi connectivity index (χ0) is 50.8. The highest BCUT2D eigenvalue weighted by Gasteiger charge is 2.43. The van der Waals surface area contributed by atoms with Gasteiger partial charge in [-0.15, -0.1) is 0 Å². The van der Waals surface area contributed by atoms with Crippen LogP contribution < -0.4 is 27.2 Å². The summed E-state index contributed by atoms with van der Waals surface area (Å²) in [6.45, 7) is 2.88. The first kappa shape index (κ1) is 54.6. The Labute approximate surface area is 389 Å². The molecule has 0 aliphatic carbocycles. The maximum absolute atomic E-state index is 15.2. The summed E-state index contributed by atoms with van der Waals surface area (Å²) < 4.78 is 96.8. The van der Waals surface area contributed by atoms with Crippen LogP contribution in [0.2, 0.25) is 0 Å². The first-order chi connectivity index (χ1) is 32.7. The molecule has 1 aliphatic rings. The minimum Gasteiger partial charge on any atom is -0.385 e. The van der Waals surface area contributed by atoms with Gasteiger partial charge in [0.25, 0.3) is 23.3 Å². The molecule has 0 unspecified atom stereocenters. The van der Waals surface area contributed by atoms with E-state index >= 15 is 8.78 Å². The number of amides is 5. The van der Waals surface area contributed by atoms with Crippen molar-refractivity contribution in [2.75, 3.05) is 65.9 Å². The van der Waals surface area contributed by atoms with E-state index in [9.17, 15) is 56.3 Å². The lowest BCUT2D eigenvalue weighted by Crippen LogP contribution is -2.45. The maximum atomic E-state index is 15.2. The first-order valence-corrected chi connectivity index (χ1v) is 21.0. The molecule has 0 fully saturated rings. The number of carbonyl (C=O) groups excluding carboxylic acids is 7. The summed E-state index contributed by atoms with van der Waals surface area (Å²) in [6.07, 6.45) is -4.13. The van der Waals surface area contributed by atoms with Crippen molar-refractivity contribution in [1.82, 2.24) is 30.0 Å². The van der Waals surface area contributed by atoms with E-state index < -0.39 is 82.7 Å². The molecule has 2 heterocycles. The van der Waals surface area contributed by atoms with Gasteiger partial charge in [-0.25, -0.2) is 23.2 Å². The molecule has 1 aliphatic heterocycles. The van der Waals surface area contributed by atoms with Gasteiger partial charge in [0.05, 0.1) is 58.4 Å². The van der Waals surface area contributed by atoms with Crippen LogP contribution in [0.15, 0.2) is 58.1 Å². The number of ether oxygens (including phenoxy) is 5. The molecule has 3 N–H and O–H groups in total. The van der Waals surface area contributed by atoms with Gasteiger partial charge >= 0.3 is 23.8 Å². The van der Waals surface area contributed by atoms with Crippen molar-refractivity contribution in [3.63, 3.8) is 0 Å². The second kappa shape index (κ2) is 26.0. The maximum Gasteiger partial charge on any atom is 0.491 e. The average molecular weight is 981 g/mol. The Bertz CT molecular complexity index is 2490. The second-order valence-electron chi connectivity index (χ2n) is 15.0. The third-order valence-corrected chi connectivity index (χ3v) is 10.1. The van der Waals surface area contributed by atoms with Crippen molar-refractivity contribution in [1.29, 1.82) is 0 Å². The van der Waals surface area contributed by atoms with Gasteiger partial charge in [-0.05, 0) is 35.7 Å². The number of alkyl halides is 3. The molecule has 0 saturated heterocycles. The van der Waals surface area contributed by atoms with Gasteiger partial charge in [0.2, 0.25) is 11.8 Å². The lowest BCUT2D eigenvalue weighted by Gasteiger charge is -2.19. The molecule has 374 valence electrons. The predicted molar refractivity (Wildman–Crippen MR) is 229 cm³/mol. The SMILES string of the molecule is Cc1c(-c2ccc(C[C@H](NC(=O)c3c(F)cc(CNC(=O)CCOCCOCCOCCOCCNC(=O)CCN4C(=O)C=CC4=O)cc3F)C(=O)OC(=O)C(F)(F)F)cc2)c(=O)n(C)c(=O)n1C. The summed E-state index contributed by atoms with van der Waals surface area (Å²) in [5, 5.41) is 6.97. The standard InChI is InChI=1S/C44H49F5N6O14/c1-26-37(40(61)54(3)43(64)53(26)2)29-6-4-27(5-7-29)24-32(41(62)69-42(63)44(47,48)49)52-39(60)38-30(45)22-28(23-31(38)46)25-51-34(57)11-14-65-16-18-67-20-21-68-19-17-66-15-12-50-33(56)10-13-55-35(58)8-9-36(55)59/h4-9,22-23,32H,10-21,24-25H2,1-3H3,(H,50,56)(H,51,57)(H,52,60)/t32-/m0/s1. The number of esters is 2. The lowest BCUT2D eigenvalue weighted by atomic mass is 10.00. The van der Waals surface area contributed by atoms with Crippen LogP contribution in [0.4, 0.5) is 22.0 Å². The molecule has 0 bridgehead atoms. The first-order valence-electron chi connectivity index (χ1n) is 21.0. The van der Waals surface area contributed by atoms with Crippen LogP contribution >= 0.6 is 0 Å².